The summed E-state index contributed by atoms with van der Waals surface area (Å²) in [6.45, 7) is 2.16. The van der Waals surface area contributed by atoms with Crippen molar-refractivity contribution in [1.82, 2.24) is 5.32 Å². The zero-order valence-corrected chi connectivity index (χ0v) is 11.4. The summed E-state index contributed by atoms with van der Waals surface area (Å²) < 4.78 is 18.6. The number of ether oxygens (including phenoxy) is 1. The van der Waals surface area contributed by atoms with Gasteiger partial charge in [0.1, 0.15) is 11.6 Å². The van der Waals surface area contributed by atoms with Crippen molar-refractivity contribution >= 4 is 5.91 Å². The van der Waals surface area contributed by atoms with Crippen LogP contribution in [-0.4, -0.2) is 13.0 Å². The number of amides is 1. The fourth-order valence-electron chi connectivity index (χ4n) is 1.83. The van der Waals surface area contributed by atoms with Gasteiger partial charge in [-0.3, -0.25) is 4.79 Å². The first-order chi connectivity index (χ1) is 9.60. The molecule has 0 spiro atoms. The highest BCUT2D eigenvalue weighted by atomic mass is 19.1. The average molecular weight is 273 g/mol. The molecule has 2 rings (SSSR count). The van der Waals surface area contributed by atoms with Gasteiger partial charge in [0.25, 0.3) is 5.91 Å². The highest BCUT2D eigenvalue weighted by Gasteiger charge is 2.11. The van der Waals surface area contributed by atoms with Gasteiger partial charge in [-0.1, -0.05) is 23.8 Å². The molecule has 0 fully saturated rings. The van der Waals surface area contributed by atoms with Crippen LogP contribution in [0.5, 0.6) is 5.75 Å². The molecule has 1 amide bonds. The standard InChI is InChI=1S/C16H16FNO2/c1-11-3-8-15(17)14(9-11)16(19)18-10-12-4-6-13(20-2)7-5-12/h3-9H,10H2,1-2H3,(H,18,19). The molecule has 0 bridgehead atoms. The summed E-state index contributed by atoms with van der Waals surface area (Å²) in [7, 11) is 1.59. The third kappa shape index (κ3) is 3.35. The second kappa shape index (κ2) is 6.19. The second-order valence-electron chi connectivity index (χ2n) is 4.51. The van der Waals surface area contributed by atoms with E-state index in [-0.39, 0.29) is 5.56 Å². The molecule has 1 N–H and O–H groups in total. The van der Waals surface area contributed by atoms with Gasteiger partial charge >= 0.3 is 0 Å². The summed E-state index contributed by atoms with van der Waals surface area (Å²) in [6, 6.07) is 11.8. The van der Waals surface area contributed by atoms with Gasteiger partial charge in [0.05, 0.1) is 12.7 Å². The number of aryl methyl sites for hydroxylation is 1. The Morgan fingerprint density at radius 1 is 1.20 bits per heavy atom. The second-order valence-corrected chi connectivity index (χ2v) is 4.51. The molecule has 0 saturated carbocycles. The molecule has 0 aliphatic carbocycles. The van der Waals surface area contributed by atoms with Gasteiger partial charge in [-0.25, -0.2) is 4.39 Å². The van der Waals surface area contributed by atoms with Crippen molar-refractivity contribution in [3.05, 3.63) is 65.0 Å². The van der Waals surface area contributed by atoms with E-state index >= 15 is 0 Å². The Kier molecular flexibility index (Phi) is 4.35. The van der Waals surface area contributed by atoms with E-state index < -0.39 is 11.7 Å². The Hall–Kier alpha value is -2.36. The molecule has 2 aromatic rings. The molecule has 2 aromatic carbocycles. The maximum absolute atomic E-state index is 13.6. The Morgan fingerprint density at radius 3 is 2.55 bits per heavy atom. The minimum atomic E-state index is -0.511. The van der Waals surface area contributed by atoms with Crippen molar-refractivity contribution < 1.29 is 13.9 Å². The third-order valence-corrected chi connectivity index (χ3v) is 2.98. The number of hydrogen-bond acceptors (Lipinski definition) is 2. The molecule has 0 radical (unpaired) electrons. The lowest BCUT2D eigenvalue weighted by molar-refractivity contribution is 0.0947. The largest absolute Gasteiger partial charge is 0.497 e. The Bertz CT molecular complexity index is 608. The van der Waals surface area contributed by atoms with Crippen LogP contribution in [0.4, 0.5) is 4.39 Å². The normalized spacial score (nSPS) is 10.2. The van der Waals surface area contributed by atoms with Crippen molar-refractivity contribution in [3.8, 4) is 5.75 Å². The van der Waals surface area contributed by atoms with Gasteiger partial charge in [0.2, 0.25) is 0 Å². The monoisotopic (exact) mass is 273 g/mol. The molecule has 0 atom stereocenters. The summed E-state index contributed by atoms with van der Waals surface area (Å²) in [6.07, 6.45) is 0. The number of halogens is 1. The number of rotatable bonds is 4. The molecule has 0 unspecified atom stereocenters. The zero-order valence-electron chi connectivity index (χ0n) is 11.4. The molecule has 3 nitrogen and oxygen atoms in total. The van der Waals surface area contributed by atoms with Crippen molar-refractivity contribution in [3.63, 3.8) is 0 Å². The Balaban J connectivity index is 2.02. The molecule has 0 aromatic heterocycles. The predicted molar refractivity (Wildman–Crippen MR) is 75.3 cm³/mol. The van der Waals surface area contributed by atoms with Crippen molar-refractivity contribution in [2.24, 2.45) is 0 Å². The molecular formula is C16H16FNO2. The van der Waals surface area contributed by atoms with Gasteiger partial charge < -0.3 is 10.1 Å². The van der Waals surface area contributed by atoms with E-state index in [1.54, 1.807) is 19.2 Å². The Morgan fingerprint density at radius 2 is 1.90 bits per heavy atom. The minimum absolute atomic E-state index is 0.0681. The van der Waals surface area contributed by atoms with Crippen LogP contribution >= 0.6 is 0 Å². The maximum Gasteiger partial charge on any atom is 0.254 e. The van der Waals surface area contributed by atoms with E-state index in [4.69, 9.17) is 4.74 Å². The number of benzene rings is 2. The van der Waals surface area contributed by atoms with Crippen LogP contribution in [0.15, 0.2) is 42.5 Å². The van der Waals surface area contributed by atoms with Crippen LogP contribution in [0.2, 0.25) is 0 Å². The van der Waals surface area contributed by atoms with Crippen LogP contribution < -0.4 is 10.1 Å². The highest BCUT2D eigenvalue weighted by Crippen LogP contribution is 2.12. The molecular weight excluding hydrogens is 257 g/mol. The van der Waals surface area contributed by atoms with Crippen molar-refractivity contribution in [2.45, 2.75) is 13.5 Å². The van der Waals surface area contributed by atoms with E-state index in [1.165, 1.54) is 6.07 Å². The Labute approximate surface area is 117 Å². The molecule has 0 aliphatic rings. The van der Waals surface area contributed by atoms with Crippen LogP contribution in [0.25, 0.3) is 0 Å². The number of nitrogens with one attached hydrogen (secondary N) is 1. The van der Waals surface area contributed by atoms with E-state index in [0.717, 1.165) is 16.9 Å². The van der Waals surface area contributed by atoms with E-state index in [9.17, 15) is 9.18 Å². The van der Waals surface area contributed by atoms with Gasteiger partial charge in [-0.05, 0) is 36.8 Å². The van der Waals surface area contributed by atoms with Gasteiger partial charge in [-0.2, -0.15) is 0 Å². The third-order valence-electron chi connectivity index (χ3n) is 2.98. The number of carbonyl (C=O) groups excluding carboxylic acids is 1. The summed E-state index contributed by atoms with van der Waals surface area (Å²) in [4.78, 5) is 11.9. The average Bonchev–Trinajstić information content (AvgIpc) is 2.47. The zero-order chi connectivity index (χ0) is 14.5. The first-order valence-electron chi connectivity index (χ1n) is 6.27. The SMILES string of the molecule is COc1ccc(CNC(=O)c2cc(C)ccc2F)cc1. The predicted octanol–water partition coefficient (Wildman–Crippen LogP) is 3.07. The lowest BCUT2D eigenvalue weighted by Crippen LogP contribution is -2.23. The summed E-state index contributed by atoms with van der Waals surface area (Å²) >= 11 is 0. The molecule has 0 aliphatic heterocycles. The summed E-state index contributed by atoms with van der Waals surface area (Å²) in [5.74, 6) is -0.172. The van der Waals surface area contributed by atoms with E-state index in [1.807, 2.05) is 31.2 Å². The van der Waals surface area contributed by atoms with E-state index in [0.29, 0.717) is 6.54 Å². The van der Waals surface area contributed by atoms with Crippen molar-refractivity contribution in [2.75, 3.05) is 7.11 Å². The lowest BCUT2D eigenvalue weighted by Gasteiger charge is -2.07. The van der Waals surface area contributed by atoms with Crippen LogP contribution in [0, 0.1) is 12.7 Å². The topological polar surface area (TPSA) is 38.3 Å². The highest BCUT2D eigenvalue weighted by molar-refractivity contribution is 5.94. The fraction of sp³-hybridized carbons (Fsp3) is 0.188. The smallest absolute Gasteiger partial charge is 0.254 e. The van der Waals surface area contributed by atoms with Gasteiger partial charge in [0.15, 0.2) is 0 Å². The van der Waals surface area contributed by atoms with Crippen LogP contribution in [0.3, 0.4) is 0 Å². The quantitative estimate of drug-likeness (QED) is 0.929. The first-order valence-corrected chi connectivity index (χ1v) is 6.27. The number of methoxy groups -OCH3 is 1. The molecule has 20 heavy (non-hydrogen) atoms. The first kappa shape index (κ1) is 14.1. The lowest BCUT2D eigenvalue weighted by atomic mass is 10.1. The van der Waals surface area contributed by atoms with E-state index in [2.05, 4.69) is 5.32 Å². The fourth-order valence-corrected chi connectivity index (χ4v) is 1.83. The van der Waals surface area contributed by atoms with Gasteiger partial charge in [-0.15, -0.1) is 0 Å². The minimum Gasteiger partial charge on any atom is -0.497 e. The number of hydrogen-bond donors (Lipinski definition) is 1. The van der Waals surface area contributed by atoms with Gasteiger partial charge in [0, 0.05) is 6.54 Å². The number of carbonyl (C=O) groups is 1. The molecule has 0 saturated heterocycles. The summed E-state index contributed by atoms with van der Waals surface area (Å²) in [5.41, 5.74) is 1.84. The molecule has 4 heteroatoms. The van der Waals surface area contributed by atoms with Crippen LogP contribution in [-0.2, 0) is 6.54 Å². The summed E-state index contributed by atoms with van der Waals surface area (Å²) in [5, 5.41) is 2.70. The maximum atomic E-state index is 13.6. The molecule has 104 valence electrons. The molecule has 0 heterocycles. The van der Waals surface area contributed by atoms with Crippen LogP contribution in [0.1, 0.15) is 21.5 Å². The van der Waals surface area contributed by atoms with Crippen molar-refractivity contribution in [1.29, 1.82) is 0 Å².